The first-order valence-electron chi connectivity index (χ1n) is 5.96. The minimum Gasteiger partial charge on any atom is -0.466 e. The van der Waals surface area contributed by atoms with E-state index in [1.54, 1.807) is 6.92 Å². The van der Waals surface area contributed by atoms with Crippen molar-refractivity contribution in [2.24, 2.45) is 5.92 Å². The molecule has 15 heavy (non-hydrogen) atoms. The number of rotatable bonds is 3. The van der Waals surface area contributed by atoms with Crippen molar-refractivity contribution in [1.82, 2.24) is 0 Å². The van der Waals surface area contributed by atoms with Crippen molar-refractivity contribution in [3.63, 3.8) is 0 Å². The topological polar surface area (TPSA) is 46.5 Å². The SMILES string of the molecule is CCOC(=O)CC1(O)CCCCCC1C. The van der Waals surface area contributed by atoms with E-state index in [0.717, 1.165) is 32.1 Å². The van der Waals surface area contributed by atoms with Gasteiger partial charge in [0.15, 0.2) is 0 Å². The van der Waals surface area contributed by atoms with E-state index in [2.05, 4.69) is 0 Å². The third-order valence-electron chi connectivity index (χ3n) is 3.42. The Morgan fingerprint density at radius 3 is 2.87 bits per heavy atom. The lowest BCUT2D eigenvalue weighted by molar-refractivity contribution is -0.151. The van der Waals surface area contributed by atoms with Crippen LogP contribution in [0.25, 0.3) is 0 Å². The van der Waals surface area contributed by atoms with E-state index in [4.69, 9.17) is 4.74 Å². The van der Waals surface area contributed by atoms with E-state index in [0.29, 0.717) is 6.61 Å². The number of ether oxygens (including phenoxy) is 1. The predicted molar refractivity (Wildman–Crippen MR) is 58.4 cm³/mol. The molecule has 1 fully saturated rings. The molecule has 0 radical (unpaired) electrons. The Morgan fingerprint density at radius 2 is 2.20 bits per heavy atom. The van der Waals surface area contributed by atoms with Crippen LogP contribution in [0.15, 0.2) is 0 Å². The lowest BCUT2D eigenvalue weighted by atomic mass is 9.82. The van der Waals surface area contributed by atoms with Crippen molar-refractivity contribution < 1.29 is 14.6 Å². The summed E-state index contributed by atoms with van der Waals surface area (Å²) in [6.07, 6.45) is 5.23. The van der Waals surface area contributed by atoms with Gasteiger partial charge in [0.05, 0.1) is 18.6 Å². The first kappa shape index (κ1) is 12.5. The van der Waals surface area contributed by atoms with Crippen LogP contribution in [0, 0.1) is 5.92 Å². The quantitative estimate of drug-likeness (QED) is 0.579. The highest BCUT2D eigenvalue weighted by Crippen LogP contribution is 2.34. The van der Waals surface area contributed by atoms with Crippen molar-refractivity contribution >= 4 is 5.97 Å². The molecule has 2 unspecified atom stereocenters. The fraction of sp³-hybridized carbons (Fsp3) is 0.917. The first-order valence-corrected chi connectivity index (χ1v) is 5.96. The van der Waals surface area contributed by atoms with Crippen LogP contribution in [-0.2, 0) is 9.53 Å². The van der Waals surface area contributed by atoms with E-state index in [1.165, 1.54) is 0 Å². The van der Waals surface area contributed by atoms with Gasteiger partial charge in [0, 0.05) is 0 Å². The Hall–Kier alpha value is -0.570. The zero-order chi connectivity index (χ0) is 11.3. The molecule has 0 heterocycles. The third-order valence-corrected chi connectivity index (χ3v) is 3.42. The fourth-order valence-electron chi connectivity index (χ4n) is 2.30. The molecule has 0 saturated heterocycles. The predicted octanol–water partition coefficient (Wildman–Crippen LogP) is 2.27. The van der Waals surface area contributed by atoms with E-state index in [1.807, 2.05) is 6.92 Å². The Labute approximate surface area is 91.8 Å². The number of esters is 1. The monoisotopic (exact) mass is 214 g/mol. The van der Waals surface area contributed by atoms with Crippen molar-refractivity contribution in [3.8, 4) is 0 Å². The van der Waals surface area contributed by atoms with Gasteiger partial charge in [0.25, 0.3) is 0 Å². The third kappa shape index (κ3) is 3.49. The minimum atomic E-state index is -0.831. The second kappa shape index (κ2) is 5.50. The second-order valence-electron chi connectivity index (χ2n) is 4.59. The maximum absolute atomic E-state index is 11.4. The van der Waals surface area contributed by atoms with Crippen molar-refractivity contribution in [3.05, 3.63) is 0 Å². The molecule has 0 aromatic carbocycles. The van der Waals surface area contributed by atoms with Gasteiger partial charge in [-0.1, -0.05) is 26.2 Å². The van der Waals surface area contributed by atoms with Gasteiger partial charge in [-0.25, -0.2) is 0 Å². The molecule has 3 heteroatoms. The molecule has 0 amide bonds. The largest absolute Gasteiger partial charge is 0.466 e. The molecule has 1 rings (SSSR count). The summed E-state index contributed by atoms with van der Waals surface area (Å²) in [4.78, 5) is 11.4. The van der Waals surface area contributed by atoms with Gasteiger partial charge in [-0.3, -0.25) is 4.79 Å². The normalized spacial score (nSPS) is 32.1. The summed E-state index contributed by atoms with van der Waals surface area (Å²) in [5.74, 6) is -0.0712. The summed E-state index contributed by atoms with van der Waals surface area (Å²) in [5, 5.41) is 10.4. The molecule has 0 aromatic rings. The Kier molecular flexibility index (Phi) is 4.58. The minimum absolute atomic E-state index is 0.155. The molecule has 0 spiro atoms. The standard InChI is InChI=1S/C12H22O3/c1-3-15-11(13)9-12(14)8-6-4-5-7-10(12)2/h10,14H,3-9H2,1-2H3. The number of carbonyl (C=O) groups excluding carboxylic acids is 1. The van der Waals surface area contributed by atoms with Crippen LogP contribution in [0.3, 0.4) is 0 Å². The van der Waals surface area contributed by atoms with Crippen LogP contribution < -0.4 is 0 Å². The molecule has 0 aliphatic heterocycles. The first-order chi connectivity index (χ1) is 7.08. The van der Waals surface area contributed by atoms with Gasteiger partial charge >= 0.3 is 5.97 Å². The molecule has 1 N–H and O–H groups in total. The zero-order valence-electron chi connectivity index (χ0n) is 9.79. The van der Waals surface area contributed by atoms with Crippen LogP contribution >= 0.6 is 0 Å². The molecular formula is C12H22O3. The van der Waals surface area contributed by atoms with Gasteiger partial charge in [-0.05, 0) is 25.7 Å². The van der Waals surface area contributed by atoms with Gasteiger partial charge in [0.1, 0.15) is 0 Å². The summed E-state index contributed by atoms with van der Waals surface area (Å²) in [5.41, 5.74) is -0.831. The molecular weight excluding hydrogens is 192 g/mol. The van der Waals surface area contributed by atoms with E-state index in [-0.39, 0.29) is 18.3 Å². The summed E-state index contributed by atoms with van der Waals surface area (Å²) in [7, 11) is 0. The molecule has 0 bridgehead atoms. The highest BCUT2D eigenvalue weighted by Gasteiger charge is 2.37. The molecule has 3 nitrogen and oxygen atoms in total. The summed E-state index contributed by atoms with van der Waals surface area (Å²) in [6.45, 7) is 4.21. The highest BCUT2D eigenvalue weighted by molar-refractivity contribution is 5.70. The highest BCUT2D eigenvalue weighted by atomic mass is 16.5. The number of aliphatic hydroxyl groups is 1. The van der Waals surface area contributed by atoms with Gasteiger partial charge in [-0.15, -0.1) is 0 Å². The number of hydrogen-bond acceptors (Lipinski definition) is 3. The van der Waals surface area contributed by atoms with E-state index in [9.17, 15) is 9.90 Å². The lowest BCUT2D eigenvalue weighted by Crippen LogP contribution is -2.38. The summed E-state index contributed by atoms with van der Waals surface area (Å²) < 4.78 is 4.90. The Morgan fingerprint density at radius 1 is 1.47 bits per heavy atom. The average Bonchev–Trinajstić information content (AvgIpc) is 2.30. The zero-order valence-corrected chi connectivity index (χ0v) is 9.79. The Balaban J connectivity index is 2.57. The van der Waals surface area contributed by atoms with Crippen LogP contribution in [0.1, 0.15) is 52.4 Å². The van der Waals surface area contributed by atoms with E-state index >= 15 is 0 Å². The molecule has 88 valence electrons. The van der Waals surface area contributed by atoms with Gasteiger partial charge in [-0.2, -0.15) is 0 Å². The number of hydrogen-bond donors (Lipinski definition) is 1. The molecule has 1 aliphatic rings. The van der Waals surface area contributed by atoms with Gasteiger partial charge in [0.2, 0.25) is 0 Å². The second-order valence-corrected chi connectivity index (χ2v) is 4.59. The Bertz CT molecular complexity index is 215. The van der Waals surface area contributed by atoms with Crippen LogP contribution in [0.4, 0.5) is 0 Å². The smallest absolute Gasteiger partial charge is 0.308 e. The van der Waals surface area contributed by atoms with Crippen LogP contribution in [0.2, 0.25) is 0 Å². The van der Waals surface area contributed by atoms with E-state index < -0.39 is 5.60 Å². The maximum Gasteiger partial charge on any atom is 0.308 e. The molecule has 2 atom stereocenters. The van der Waals surface area contributed by atoms with Crippen LogP contribution in [0.5, 0.6) is 0 Å². The summed E-state index contributed by atoms with van der Waals surface area (Å²) in [6, 6.07) is 0. The fourth-order valence-corrected chi connectivity index (χ4v) is 2.30. The number of carbonyl (C=O) groups is 1. The molecule has 1 saturated carbocycles. The van der Waals surface area contributed by atoms with Crippen molar-refractivity contribution in [2.75, 3.05) is 6.61 Å². The van der Waals surface area contributed by atoms with Crippen LogP contribution in [-0.4, -0.2) is 23.3 Å². The van der Waals surface area contributed by atoms with Crippen molar-refractivity contribution in [1.29, 1.82) is 0 Å². The lowest BCUT2D eigenvalue weighted by Gasteiger charge is -2.31. The van der Waals surface area contributed by atoms with Crippen molar-refractivity contribution in [2.45, 2.75) is 58.0 Å². The summed E-state index contributed by atoms with van der Waals surface area (Å²) >= 11 is 0. The molecule has 1 aliphatic carbocycles. The maximum atomic E-state index is 11.4. The van der Waals surface area contributed by atoms with Gasteiger partial charge < -0.3 is 9.84 Å². The average molecular weight is 214 g/mol. The molecule has 0 aromatic heterocycles.